The maximum Gasteiger partial charge on any atom is 0.342 e. The minimum absolute atomic E-state index is 0.365. The Morgan fingerprint density at radius 2 is 2.10 bits per heavy atom. The second kappa shape index (κ2) is 6.98. The van der Waals surface area contributed by atoms with Crippen LogP contribution < -0.4 is 9.47 Å². The molecule has 20 heavy (non-hydrogen) atoms. The molecule has 1 aromatic carbocycles. The third-order valence-electron chi connectivity index (χ3n) is 3.45. The van der Waals surface area contributed by atoms with Crippen molar-refractivity contribution in [2.24, 2.45) is 5.92 Å². The van der Waals surface area contributed by atoms with Gasteiger partial charge in [0.1, 0.15) is 17.1 Å². The first-order valence-electron chi connectivity index (χ1n) is 6.78. The molecule has 1 aliphatic rings. The number of hydrogen-bond acceptors (Lipinski definition) is 4. The van der Waals surface area contributed by atoms with Crippen LogP contribution in [0.5, 0.6) is 11.5 Å². The summed E-state index contributed by atoms with van der Waals surface area (Å²) in [5.74, 6) is 1.16. The lowest BCUT2D eigenvalue weighted by molar-refractivity contribution is 0.0428. The quantitative estimate of drug-likeness (QED) is 0.612. The molecule has 0 fully saturated rings. The Morgan fingerprint density at radius 1 is 1.25 bits per heavy atom. The smallest absolute Gasteiger partial charge is 0.342 e. The van der Waals surface area contributed by atoms with Crippen LogP contribution in [0.15, 0.2) is 30.4 Å². The molecule has 0 saturated carbocycles. The Kier molecular flexibility index (Phi) is 5.04. The monoisotopic (exact) mass is 276 g/mol. The zero-order valence-corrected chi connectivity index (χ0v) is 11.9. The van der Waals surface area contributed by atoms with Crippen LogP contribution in [0.25, 0.3) is 0 Å². The molecule has 0 aliphatic heterocycles. The summed E-state index contributed by atoms with van der Waals surface area (Å²) in [5.41, 5.74) is 0.401. The molecule has 0 heterocycles. The number of methoxy groups -OCH3 is 2. The number of ether oxygens (including phenoxy) is 3. The molecule has 108 valence electrons. The van der Waals surface area contributed by atoms with Crippen molar-refractivity contribution >= 4 is 5.97 Å². The number of carbonyl (C=O) groups excluding carboxylic acids is 1. The molecular weight excluding hydrogens is 256 g/mol. The topological polar surface area (TPSA) is 44.8 Å². The van der Waals surface area contributed by atoms with Gasteiger partial charge in [0.15, 0.2) is 0 Å². The normalized spacial score (nSPS) is 17.6. The van der Waals surface area contributed by atoms with Crippen LogP contribution in [0.1, 0.15) is 29.6 Å². The highest BCUT2D eigenvalue weighted by atomic mass is 16.5. The van der Waals surface area contributed by atoms with Crippen LogP contribution in [0, 0.1) is 5.92 Å². The molecule has 4 nitrogen and oxygen atoms in total. The van der Waals surface area contributed by atoms with Gasteiger partial charge in [0.05, 0.1) is 20.8 Å². The van der Waals surface area contributed by atoms with Gasteiger partial charge in [-0.2, -0.15) is 0 Å². The average molecular weight is 276 g/mol. The van der Waals surface area contributed by atoms with Crippen LogP contribution in [0.4, 0.5) is 0 Å². The summed E-state index contributed by atoms with van der Waals surface area (Å²) >= 11 is 0. The fraction of sp³-hybridized carbons (Fsp3) is 0.438. The first kappa shape index (κ1) is 14.4. The lowest BCUT2D eigenvalue weighted by Gasteiger charge is -2.18. The minimum Gasteiger partial charge on any atom is -0.497 e. The van der Waals surface area contributed by atoms with E-state index in [1.54, 1.807) is 25.3 Å². The summed E-state index contributed by atoms with van der Waals surface area (Å²) in [6.07, 6.45) is 7.42. The summed E-state index contributed by atoms with van der Waals surface area (Å²) in [6.45, 7) is 0.448. The van der Waals surface area contributed by atoms with Crippen molar-refractivity contribution in [3.63, 3.8) is 0 Å². The maximum absolute atomic E-state index is 12.2. The summed E-state index contributed by atoms with van der Waals surface area (Å²) in [5, 5.41) is 0. The SMILES string of the molecule is COc1ccc(OC)c(C(=O)OCC2CC=CCC2)c1. The van der Waals surface area contributed by atoms with Crippen molar-refractivity contribution < 1.29 is 19.0 Å². The van der Waals surface area contributed by atoms with Crippen molar-refractivity contribution in [3.8, 4) is 11.5 Å². The highest BCUT2D eigenvalue weighted by Crippen LogP contribution is 2.25. The zero-order chi connectivity index (χ0) is 14.4. The molecule has 1 aliphatic carbocycles. The summed E-state index contributed by atoms with van der Waals surface area (Å²) in [4.78, 5) is 12.2. The number of benzene rings is 1. The van der Waals surface area contributed by atoms with E-state index in [-0.39, 0.29) is 5.97 Å². The van der Waals surface area contributed by atoms with Crippen LogP contribution in [0.2, 0.25) is 0 Å². The highest BCUT2D eigenvalue weighted by molar-refractivity contribution is 5.93. The first-order valence-corrected chi connectivity index (χ1v) is 6.78. The van der Waals surface area contributed by atoms with Crippen molar-refractivity contribution in [3.05, 3.63) is 35.9 Å². The standard InChI is InChI=1S/C16H20O4/c1-18-13-8-9-15(19-2)14(10-13)16(17)20-11-12-6-4-3-5-7-12/h3-4,8-10,12H,5-7,11H2,1-2H3. The van der Waals surface area contributed by atoms with Crippen LogP contribution in [-0.4, -0.2) is 26.8 Å². The van der Waals surface area contributed by atoms with Gasteiger partial charge in [-0.15, -0.1) is 0 Å². The predicted molar refractivity (Wildman–Crippen MR) is 76.3 cm³/mol. The summed E-state index contributed by atoms with van der Waals surface area (Å²) in [6, 6.07) is 5.10. The largest absolute Gasteiger partial charge is 0.497 e. The van der Waals surface area contributed by atoms with E-state index in [1.807, 2.05) is 0 Å². The first-order chi connectivity index (χ1) is 9.74. The molecule has 0 aromatic heterocycles. The Bertz CT molecular complexity index is 493. The molecule has 1 unspecified atom stereocenters. The number of rotatable bonds is 5. The lowest BCUT2D eigenvalue weighted by atomic mass is 9.95. The van der Waals surface area contributed by atoms with E-state index in [2.05, 4.69) is 12.2 Å². The van der Waals surface area contributed by atoms with Gasteiger partial charge in [0.25, 0.3) is 0 Å². The third-order valence-corrected chi connectivity index (χ3v) is 3.45. The molecule has 0 saturated heterocycles. The van der Waals surface area contributed by atoms with E-state index < -0.39 is 0 Å². The molecule has 1 aromatic rings. The van der Waals surface area contributed by atoms with Gasteiger partial charge in [-0.1, -0.05) is 12.2 Å². The van der Waals surface area contributed by atoms with E-state index in [0.29, 0.717) is 29.6 Å². The number of carbonyl (C=O) groups is 1. The molecule has 0 spiro atoms. The van der Waals surface area contributed by atoms with Crippen LogP contribution in [0.3, 0.4) is 0 Å². The highest BCUT2D eigenvalue weighted by Gasteiger charge is 2.18. The van der Waals surface area contributed by atoms with Gasteiger partial charge in [-0.3, -0.25) is 0 Å². The zero-order valence-electron chi connectivity index (χ0n) is 11.9. The van der Waals surface area contributed by atoms with Gasteiger partial charge < -0.3 is 14.2 Å². The molecule has 0 bridgehead atoms. The average Bonchev–Trinajstić information content (AvgIpc) is 2.52. The number of esters is 1. The Morgan fingerprint density at radius 3 is 2.75 bits per heavy atom. The van der Waals surface area contributed by atoms with Crippen molar-refractivity contribution in [2.75, 3.05) is 20.8 Å². The fourth-order valence-electron chi connectivity index (χ4n) is 2.25. The van der Waals surface area contributed by atoms with Crippen LogP contribution >= 0.6 is 0 Å². The van der Waals surface area contributed by atoms with E-state index in [4.69, 9.17) is 14.2 Å². The van der Waals surface area contributed by atoms with Crippen molar-refractivity contribution in [1.82, 2.24) is 0 Å². The third kappa shape index (κ3) is 3.53. The fourth-order valence-corrected chi connectivity index (χ4v) is 2.25. The molecular formula is C16H20O4. The van der Waals surface area contributed by atoms with Crippen molar-refractivity contribution in [2.45, 2.75) is 19.3 Å². The molecule has 0 amide bonds. The van der Waals surface area contributed by atoms with E-state index in [0.717, 1.165) is 19.3 Å². The Labute approximate surface area is 119 Å². The minimum atomic E-state index is -0.365. The molecule has 4 heteroatoms. The second-order valence-corrected chi connectivity index (χ2v) is 4.82. The second-order valence-electron chi connectivity index (χ2n) is 4.82. The number of allylic oxidation sites excluding steroid dienone is 2. The predicted octanol–water partition coefficient (Wildman–Crippen LogP) is 3.22. The van der Waals surface area contributed by atoms with Gasteiger partial charge in [0, 0.05) is 0 Å². The van der Waals surface area contributed by atoms with Gasteiger partial charge >= 0.3 is 5.97 Å². The lowest BCUT2D eigenvalue weighted by Crippen LogP contribution is -2.16. The molecule has 1 atom stereocenters. The van der Waals surface area contributed by atoms with E-state index in [9.17, 15) is 4.79 Å². The van der Waals surface area contributed by atoms with E-state index >= 15 is 0 Å². The Hall–Kier alpha value is -1.97. The van der Waals surface area contributed by atoms with Crippen LogP contribution in [-0.2, 0) is 4.74 Å². The number of hydrogen-bond donors (Lipinski definition) is 0. The van der Waals surface area contributed by atoms with E-state index in [1.165, 1.54) is 7.11 Å². The molecule has 0 radical (unpaired) electrons. The molecule has 0 N–H and O–H groups in total. The van der Waals surface area contributed by atoms with Gasteiger partial charge in [-0.05, 0) is 43.4 Å². The van der Waals surface area contributed by atoms with Gasteiger partial charge in [0.2, 0.25) is 0 Å². The van der Waals surface area contributed by atoms with Crippen molar-refractivity contribution in [1.29, 1.82) is 0 Å². The van der Waals surface area contributed by atoms with Gasteiger partial charge in [-0.25, -0.2) is 4.79 Å². The summed E-state index contributed by atoms with van der Waals surface area (Å²) in [7, 11) is 3.09. The Balaban J connectivity index is 2.02. The summed E-state index contributed by atoms with van der Waals surface area (Å²) < 4.78 is 15.7. The maximum atomic E-state index is 12.2. The molecule has 2 rings (SSSR count).